The maximum Gasteiger partial charge on any atom is 0.225 e. The molecule has 2 rings (SSSR count). The summed E-state index contributed by atoms with van der Waals surface area (Å²) in [6, 6.07) is 2.50. The van der Waals surface area contributed by atoms with Gasteiger partial charge in [0.1, 0.15) is 10.6 Å². The fourth-order valence-corrected chi connectivity index (χ4v) is 2.87. The first kappa shape index (κ1) is 15.0. The third-order valence-corrected chi connectivity index (χ3v) is 4.27. The Morgan fingerprint density at radius 2 is 2.25 bits per heavy atom. The van der Waals surface area contributed by atoms with E-state index in [4.69, 9.17) is 4.74 Å². The Bertz CT molecular complexity index is 557. The lowest BCUT2D eigenvalue weighted by atomic mass is 10.2. The Morgan fingerprint density at radius 3 is 2.90 bits per heavy atom. The van der Waals surface area contributed by atoms with E-state index in [1.807, 2.05) is 7.05 Å². The average Bonchev–Trinajstić information content (AvgIpc) is 2.95. The molecule has 0 aliphatic carbocycles. The van der Waals surface area contributed by atoms with Crippen molar-refractivity contribution in [2.24, 2.45) is 0 Å². The second kappa shape index (κ2) is 6.85. The van der Waals surface area contributed by atoms with Gasteiger partial charge < -0.3 is 15.0 Å². The lowest BCUT2D eigenvalue weighted by Gasteiger charge is -2.30. The first-order chi connectivity index (χ1) is 9.71. The number of ether oxygens (including phenoxy) is 1. The van der Waals surface area contributed by atoms with Gasteiger partial charge in [-0.2, -0.15) is 4.98 Å². The topological polar surface area (TPSA) is 50.3 Å². The van der Waals surface area contributed by atoms with Crippen LogP contribution in [-0.4, -0.2) is 43.3 Å². The van der Waals surface area contributed by atoms with Crippen molar-refractivity contribution < 1.29 is 4.74 Å². The number of anilines is 2. The number of nitrogens with zero attached hydrogens (tertiary/aromatic N) is 3. The van der Waals surface area contributed by atoms with Crippen LogP contribution in [0.15, 0.2) is 11.4 Å². The van der Waals surface area contributed by atoms with E-state index in [0.29, 0.717) is 18.6 Å². The fourth-order valence-electron chi connectivity index (χ4n) is 2.12. The van der Waals surface area contributed by atoms with Crippen molar-refractivity contribution in [2.75, 3.05) is 37.5 Å². The molecule has 2 heterocycles. The van der Waals surface area contributed by atoms with Gasteiger partial charge in [-0.3, -0.25) is 0 Å². The van der Waals surface area contributed by atoms with Crippen molar-refractivity contribution in [2.45, 2.75) is 26.3 Å². The summed E-state index contributed by atoms with van der Waals surface area (Å²) in [7, 11) is 3.58. The molecule has 0 spiro atoms. The number of thiophene rings is 1. The van der Waals surface area contributed by atoms with E-state index < -0.39 is 0 Å². The van der Waals surface area contributed by atoms with Gasteiger partial charge in [0, 0.05) is 26.7 Å². The Balaban J connectivity index is 2.47. The summed E-state index contributed by atoms with van der Waals surface area (Å²) in [5, 5.41) is 6.22. The van der Waals surface area contributed by atoms with Gasteiger partial charge >= 0.3 is 0 Å². The molecule has 0 aliphatic heterocycles. The summed E-state index contributed by atoms with van der Waals surface area (Å²) in [5.74, 6) is 1.66. The molecule has 0 radical (unpaired) electrons. The van der Waals surface area contributed by atoms with E-state index in [-0.39, 0.29) is 0 Å². The molecule has 1 atom stereocenters. The van der Waals surface area contributed by atoms with Crippen LogP contribution < -0.4 is 10.2 Å². The van der Waals surface area contributed by atoms with Gasteiger partial charge in [0.25, 0.3) is 0 Å². The van der Waals surface area contributed by atoms with Gasteiger partial charge in [-0.15, -0.1) is 11.3 Å². The second-order valence-corrected chi connectivity index (χ2v) is 5.60. The standard InChI is InChI=1S/C14H22N4OS/c1-5-10(2)18(7-8-19-4)12-11-6-9-20-13(11)17-14(15-3)16-12/h6,9-10H,5,7-8H2,1-4H3,(H,15,16,17). The minimum atomic E-state index is 0.410. The summed E-state index contributed by atoms with van der Waals surface area (Å²) in [4.78, 5) is 12.5. The van der Waals surface area contributed by atoms with Crippen LogP contribution in [0.2, 0.25) is 0 Å². The molecule has 0 aliphatic rings. The Hall–Kier alpha value is -1.40. The lowest BCUT2D eigenvalue weighted by Crippen LogP contribution is -2.36. The number of methoxy groups -OCH3 is 1. The van der Waals surface area contributed by atoms with Gasteiger partial charge in [0.2, 0.25) is 5.95 Å². The summed E-state index contributed by atoms with van der Waals surface area (Å²) < 4.78 is 5.24. The van der Waals surface area contributed by atoms with E-state index in [2.05, 4.69) is 45.5 Å². The molecule has 20 heavy (non-hydrogen) atoms. The number of fused-ring (bicyclic) bond motifs is 1. The Morgan fingerprint density at radius 1 is 1.45 bits per heavy atom. The van der Waals surface area contributed by atoms with Crippen LogP contribution in [0.5, 0.6) is 0 Å². The molecular formula is C14H22N4OS. The molecule has 1 unspecified atom stereocenters. The largest absolute Gasteiger partial charge is 0.383 e. The van der Waals surface area contributed by atoms with E-state index >= 15 is 0 Å². The SMILES string of the molecule is CCC(C)N(CCOC)c1nc(NC)nc2sccc12. The zero-order valence-electron chi connectivity index (χ0n) is 12.5. The maximum atomic E-state index is 5.24. The molecule has 0 aromatic carbocycles. The van der Waals surface area contributed by atoms with E-state index in [1.165, 1.54) is 0 Å². The van der Waals surface area contributed by atoms with E-state index in [0.717, 1.165) is 29.0 Å². The predicted molar refractivity (Wildman–Crippen MR) is 85.9 cm³/mol. The predicted octanol–water partition coefficient (Wildman–Crippen LogP) is 2.98. The van der Waals surface area contributed by atoms with E-state index in [9.17, 15) is 0 Å². The van der Waals surface area contributed by atoms with Crippen molar-refractivity contribution in [3.05, 3.63) is 11.4 Å². The molecule has 6 heteroatoms. The highest BCUT2D eigenvalue weighted by Crippen LogP contribution is 2.30. The molecule has 0 saturated heterocycles. The molecular weight excluding hydrogens is 272 g/mol. The molecule has 0 bridgehead atoms. The molecule has 0 amide bonds. The second-order valence-electron chi connectivity index (χ2n) is 4.70. The molecule has 0 fully saturated rings. The van der Waals surface area contributed by atoms with Gasteiger partial charge in [-0.05, 0) is 24.8 Å². The highest BCUT2D eigenvalue weighted by atomic mass is 32.1. The third-order valence-electron chi connectivity index (χ3n) is 3.46. The molecule has 1 N–H and O–H groups in total. The Labute approximate surface area is 124 Å². The van der Waals surface area contributed by atoms with Crippen LogP contribution in [0, 0.1) is 0 Å². The van der Waals surface area contributed by atoms with Crippen molar-refractivity contribution >= 4 is 33.3 Å². The summed E-state index contributed by atoms with van der Waals surface area (Å²) >= 11 is 1.64. The average molecular weight is 294 g/mol. The molecule has 2 aromatic rings. The van der Waals surface area contributed by atoms with Crippen LogP contribution in [0.25, 0.3) is 10.2 Å². The lowest BCUT2D eigenvalue weighted by molar-refractivity contribution is 0.203. The van der Waals surface area contributed by atoms with Crippen LogP contribution in [0.3, 0.4) is 0 Å². The van der Waals surface area contributed by atoms with Gasteiger partial charge in [-0.25, -0.2) is 4.98 Å². The van der Waals surface area contributed by atoms with Gasteiger partial charge in [0.15, 0.2) is 0 Å². The van der Waals surface area contributed by atoms with Crippen molar-refractivity contribution in [3.8, 4) is 0 Å². The van der Waals surface area contributed by atoms with Gasteiger partial charge in [-0.1, -0.05) is 6.92 Å². The highest BCUT2D eigenvalue weighted by molar-refractivity contribution is 7.16. The zero-order chi connectivity index (χ0) is 14.5. The number of rotatable bonds is 7. The van der Waals surface area contributed by atoms with Crippen molar-refractivity contribution in [1.29, 1.82) is 0 Å². The zero-order valence-corrected chi connectivity index (χ0v) is 13.3. The molecule has 5 nitrogen and oxygen atoms in total. The fraction of sp³-hybridized carbons (Fsp3) is 0.571. The summed E-state index contributed by atoms with van der Waals surface area (Å²) in [5.41, 5.74) is 0. The third kappa shape index (κ3) is 3.02. The monoisotopic (exact) mass is 294 g/mol. The molecule has 2 aromatic heterocycles. The maximum absolute atomic E-state index is 5.24. The first-order valence-electron chi connectivity index (χ1n) is 6.89. The highest BCUT2D eigenvalue weighted by Gasteiger charge is 2.19. The number of nitrogens with one attached hydrogen (secondary N) is 1. The Kier molecular flexibility index (Phi) is 5.14. The minimum Gasteiger partial charge on any atom is -0.383 e. The smallest absolute Gasteiger partial charge is 0.225 e. The van der Waals surface area contributed by atoms with Crippen LogP contribution in [-0.2, 0) is 4.74 Å². The quantitative estimate of drug-likeness (QED) is 0.850. The number of hydrogen-bond acceptors (Lipinski definition) is 6. The molecule has 0 saturated carbocycles. The van der Waals surface area contributed by atoms with Crippen molar-refractivity contribution in [1.82, 2.24) is 9.97 Å². The first-order valence-corrected chi connectivity index (χ1v) is 7.77. The van der Waals surface area contributed by atoms with Crippen LogP contribution >= 0.6 is 11.3 Å². The van der Waals surface area contributed by atoms with Crippen molar-refractivity contribution in [3.63, 3.8) is 0 Å². The van der Waals surface area contributed by atoms with E-state index in [1.54, 1.807) is 18.4 Å². The van der Waals surface area contributed by atoms with Gasteiger partial charge in [0.05, 0.1) is 12.0 Å². The number of hydrogen-bond donors (Lipinski definition) is 1. The van der Waals surface area contributed by atoms with Crippen LogP contribution in [0.1, 0.15) is 20.3 Å². The summed E-state index contributed by atoms with van der Waals surface area (Å²) in [6.45, 7) is 5.93. The number of aromatic nitrogens is 2. The van der Waals surface area contributed by atoms with Crippen LogP contribution in [0.4, 0.5) is 11.8 Å². The summed E-state index contributed by atoms with van der Waals surface area (Å²) in [6.07, 6.45) is 1.06. The normalized spacial score (nSPS) is 12.6. The molecule has 110 valence electrons. The minimum absolute atomic E-state index is 0.410.